The monoisotopic (exact) mass is 271 g/mol. The first-order chi connectivity index (χ1) is 6.92. The summed E-state index contributed by atoms with van der Waals surface area (Å²) in [5.74, 6) is 0. The molecule has 2 nitrogen and oxygen atoms in total. The lowest BCUT2D eigenvalue weighted by Gasteiger charge is -2.25. The Balaban J connectivity index is 2.72. The Morgan fingerprint density at radius 3 is 2.33 bits per heavy atom. The first-order valence-corrected chi connectivity index (χ1v) is 5.93. The summed E-state index contributed by atoms with van der Waals surface area (Å²) in [5, 5.41) is 13.5. The average molecular weight is 272 g/mol. The standard InChI is InChI=1S/C12H18BrNO/c1-9(2)14-8-12(3,15)10-4-6-11(13)7-5-10/h4-7,9,14-15H,8H2,1-3H3/t12-/m0/s1. The molecule has 1 aromatic rings. The Bertz CT molecular complexity index is 306. The summed E-state index contributed by atoms with van der Waals surface area (Å²) in [5.41, 5.74) is 0.115. The molecule has 0 heterocycles. The molecule has 1 aromatic carbocycles. The molecule has 84 valence electrons. The molecule has 0 fully saturated rings. The van der Waals surface area contributed by atoms with E-state index < -0.39 is 5.60 Å². The van der Waals surface area contributed by atoms with Crippen LogP contribution in [-0.2, 0) is 5.60 Å². The zero-order chi connectivity index (χ0) is 11.5. The van der Waals surface area contributed by atoms with Gasteiger partial charge in [-0.05, 0) is 24.6 Å². The van der Waals surface area contributed by atoms with Crippen LogP contribution in [0.4, 0.5) is 0 Å². The van der Waals surface area contributed by atoms with Gasteiger partial charge in [-0.2, -0.15) is 0 Å². The maximum Gasteiger partial charge on any atom is 0.0992 e. The van der Waals surface area contributed by atoms with E-state index in [0.717, 1.165) is 10.0 Å². The molecule has 0 aliphatic heterocycles. The zero-order valence-corrected chi connectivity index (χ0v) is 11.0. The maximum absolute atomic E-state index is 10.2. The molecule has 0 aromatic heterocycles. The molecule has 3 heteroatoms. The minimum Gasteiger partial charge on any atom is -0.384 e. The van der Waals surface area contributed by atoms with E-state index in [0.29, 0.717) is 12.6 Å². The van der Waals surface area contributed by atoms with Gasteiger partial charge >= 0.3 is 0 Å². The summed E-state index contributed by atoms with van der Waals surface area (Å²) in [6, 6.07) is 8.14. The number of halogens is 1. The largest absolute Gasteiger partial charge is 0.384 e. The van der Waals surface area contributed by atoms with Crippen molar-refractivity contribution in [1.29, 1.82) is 0 Å². The Hall–Kier alpha value is -0.380. The second kappa shape index (κ2) is 5.10. The first kappa shape index (κ1) is 12.7. The SMILES string of the molecule is CC(C)NC[C@](C)(O)c1ccc(Br)cc1. The van der Waals surface area contributed by atoms with Gasteiger partial charge in [0.05, 0.1) is 5.60 Å². The van der Waals surface area contributed by atoms with Crippen molar-refractivity contribution in [1.82, 2.24) is 5.32 Å². The number of hydrogen-bond acceptors (Lipinski definition) is 2. The molecule has 0 aliphatic rings. The summed E-state index contributed by atoms with van der Waals surface area (Å²) in [6.45, 7) is 6.52. The molecular weight excluding hydrogens is 254 g/mol. The third-order valence-corrected chi connectivity index (χ3v) is 2.85. The lowest BCUT2D eigenvalue weighted by Crippen LogP contribution is -2.38. The van der Waals surface area contributed by atoms with E-state index in [1.54, 1.807) is 0 Å². The van der Waals surface area contributed by atoms with Gasteiger partial charge in [-0.15, -0.1) is 0 Å². The van der Waals surface area contributed by atoms with Gasteiger partial charge in [0, 0.05) is 17.1 Å². The van der Waals surface area contributed by atoms with Crippen molar-refractivity contribution in [3.8, 4) is 0 Å². The predicted octanol–water partition coefficient (Wildman–Crippen LogP) is 2.65. The second-order valence-electron chi connectivity index (χ2n) is 4.32. The van der Waals surface area contributed by atoms with Crippen LogP contribution < -0.4 is 5.32 Å². The smallest absolute Gasteiger partial charge is 0.0992 e. The fourth-order valence-electron chi connectivity index (χ4n) is 1.31. The number of aliphatic hydroxyl groups is 1. The van der Waals surface area contributed by atoms with Crippen LogP contribution in [0.5, 0.6) is 0 Å². The Kier molecular flexibility index (Phi) is 4.32. The molecule has 0 bridgehead atoms. The van der Waals surface area contributed by atoms with E-state index in [4.69, 9.17) is 0 Å². The fraction of sp³-hybridized carbons (Fsp3) is 0.500. The molecule has 0 spiro atoms. The minimum atomic E-state index is -0.815. The van der Waals surface area contributed by atoms with Gasteiger partial charge in [-0.1, -0.05) is 41.9 Å². The van der Waals surface area contributed by atoms with E-state index >= 15 is 0 Å². The molecule has 1 rings (SSSR count). The van der Waals surface area contributed by atoms with Crippen LogP contribution in [0.2, 0.25) is 0 Å². The normalized spacial score (nSPS) is 15.3. The van der Waals surface area contributed by atoms with Crippen molar-refractivity contribution in [2.45, 2.75) is 32.4 Å². The highest BCUT2D eigenvalue weighted by Gasteiger charge is 2.22. The van der Waals surface area contributed by atoms with E-state index in [9.17, 15) is 5.11 Å². The topological polar surface area (TPSA) is 32.3 Å². The predicted molar refractivity (Wildman–Crippen MR) is 66.9 cm³/mol. The Morgan fingerprint density at radius 1 is 1.33 bits per heavy atom. The molecule has 0 amide bonds. The first-order valence-electron chi connectivity index (χ1n) is 5.13. The highest BCUT2D eigenvalue weighted by molar-refractivity contribution is 9.10. The number of benzene rings is 1. The quantitative estimate of drug-likeness (QED) is 0.883. The van der Waals surface area contributed by atoms with Crippen molar-refractivity contribution < 1.29 is 5.11 Å². The fourth-order valence-corrected chi connectivity index (χ4v) is 1.58. The van der Waals surface area contributed by atoms with Crippen molar-refractivity contribution in [3.63, 3.8) is 0 Å². The zero-order valence-electron chi connectivity index (χ0n) is 9.42. The molecule has 0 saturated carbocycles. The summed E-state index contributed by atoms with van der Waals surface area (Å²) in [4.78, 5) is 0. The van der Waals surface area contributed by atoms with E-state index in [1.165, 1.54) is 0 Å². The van der Waals surface area contributed by atoms with E-state index in [1.807, 2.05) is 31.2 Å². The number of nitrogens with one attached hydrogen (secondary N) is 1. The Labute approximate surface area is 99.8 Å². The third kappa shape index (κ3) is 3.93. The lowest BCUT2D eigenvalue weighted by atomic mass is 9.96. The number of rotatable bonds is 4. The summed E-state index contributed by atoms with van der Waals surface area (Å²) in [7, 11) is 0. The lowest BCUT2D eigenvalue weighted by molar-refractivity contribution is 0.0549. The van der Waals surface area contributed by atoms with E-state index in [2.05, 4.69) is 35.1 Å². The second-order valence-corrected chi connectivity index (χ2v) is 5.23. The van der Waals surface area contributed by atoms with Crippen molar-refractivity contribution in [3.05, 3.63) is 34.3 Å². The number of hydrogen-bond donors (Lipinski definition) is 2. The maximum atomic E-state index is 10.2. The molecule has 0 unspecified atom stereocenters. The van der Waals surface area contributed by atoms with Crippen LogP contribution in [0, 0.1) is 0 Å². The van der Waals surface area contributed by atoms with Crippen LogP contribution in [-0.4, -0.2) is 17.7 Å². The highest BCUT2D eigenvalue weighted by Crippen LogP contribution is 2.21. The Morgan fingerprint density at radius 2 is 1.87 bits per heavy atom. The van der Waals surface area contributed by atoms with Gasteiger partial charge in [-0.3, -0.25) is 0 Å². The summed E-state index contributed by atoms with van der Waals surface area (Å²) in [6.07, 6.45) is 0. The molecule has 15 heavy (non-hydrogen) atoms. The van der Waals surface area contributed by atoms with Crippen LogP contribution in [0.3, 0.4) is 0 Å². The molecular formula is C12H18BrNO. The molecule has 2 N–H and O–H groups in total. The molecule has 0 radical (unpaired) electrons. The van der Waals surface area contributed by atoms with Gasteiger partial charge in [0.25, 0.3) is 0 Å². The van der Waals surface area contributed by atoms with Gasteiger partial charge in [0.15, 0.2) is 0 Å². The van der Waals surface area contributed by atoms with E-state index in [-0.39, 0.29) is 0 Å². The third-order valence-electron chi connectivity index (χ3n) is 2.32. The molecule has 1 atom stereocenters. The van der Waals surface area contributed by atoms with Crippen molar-refractivity contribution in [2.24, 2.45) is 0 Å². The summed E-state index contributed by atoms with van der Waals surface area (Å²) < 4.78 is 1.03. The summed E-state index contributed by atoms with van der Waals surface area (Å²) >= 11 is 3.38. The van der Waals surface area contributed by atoms with Crippen LogP contribution in [0.1, 0.15) is 26.3 Å². The molecule has 0 saturated heterocycles. The average Bonchev–Trinajstić information content (AvgIpc) is 2.16. The minimum absolute atomic E-state index is 0.381. The van der Waals surface area contributed by atoms with Gasteiger partial charge in [0.2, 0.25) is 0 Å². The van der Waals surface area contributed by atoms with Crippen molar-refractivity contribution in [2.75, 3.05) is 6.54 Å². The van der Waals surface area contributed by atoms with Crippen LogP contribution in [0.25, 0.3) is 0 Å². The van der Waals surface area contributed by atoms with Crippen LogP contribution >= 0.6 is 15.9 Å². The van der Waals surface area contributed by atoms with Gasteiger partial charge < -0.3 is 10.4 Å². The van der Waals surface area contributed by atoms with Gasteiger partial charge in [0.1, 0.15) is 0 Å². The highest BCUT2D eigenvalue weighted by atomic mass is 79.9. The molecule has 0 aliphatic carbocycles. The van der Waals surface area contributed by atoms with Crippen LogP contribution in [0.15, 0.2) is 28.7 Å². The van der Waals surface area contributed by atoms with Crippen molar-refractivity contribution >= 4 is 15.9 Å². The van der Waals surface area contributed by atoms with Gasteiger partial charge in [-0.25, -0.2) is 0 Å².